The highest BCUT2D eigenvalue weighted by Crippen LogP contribution is 2.53. The van der Waals surface area contributed by atoms with E-state index in [2.05, 4.69) is 11.1 Å². The van der Waals surface area contributed by atoms with Gasteiger partial charge in [-0.05, 0) is 42.2 Å². The third kappa shape index (κ3) is 7.57. The molecule has 0 aromatic heterocycles. The molecule has 2 rings (SSSR count). The molecule has 0 aliphatic heterocycles. The Labute approximate surface area is 212 Å². The van der Waals surface area contributed by atoms with Crippen molar-refractivity contribution in [1.82, 2.24) is 0 Å². The van der Waals surface area contributed by atoms with Gasteiger partial charge < -0.3 is 11.1 Å². The van der Waals surface area contributed by atoms with Crippen LogP contribution in [0, 0.1) is 6.92 Å². The van der Waals surface area contributed by atoms with Crippen molar-refractivity contribution in [2.45, 2.75) is 37.8 Å². The van der Waals surface area contributed by atoms with Crippen molar-refractivity contribution in [2.75, 3.05) is 17.3 Å². The molecule has 0 spiro atoms. The Kier molecular flexibility index (Phi) is 10.1. The Bertz CT molecular complexity index is 1230. The van der Waals surface area contributed by atoms with E-state index < -0.39 is 45.2 Å². The van der Waals surface area contributed by atoms with Crippen LogP contribution >= 0.6 is 11.6 Å². The molecule has 0 saturated heterocycles. The zero-order chi connectivity index (χ0) is 29.0. The van der Waals surface area contributed by atoms with Gasteiger partial charge in [0.2, 0.25) is 6.41 Å². The zero-order valence-electron chi connectivity index (χ0n) is 19.5. The van der Waals surface area contributed by atoms with E-state index >= 15 is 0 Å². The molecule has 0 aliphatic rings. The first-order valence-corrected chi connectivity index (χ1v) is 12.5. The van der Waals surface area contributed by atoms with Crippen molar-refractivity contribution in [1.29, 1.82) is 0 Å². The summed E-state index contributed by atoms with van der Waals surface area (Å²) in [4.78, 5) is 21.4. The number of nitrogens with one attached hydrogen (secondary N) is 1. The van der Waals surface area contributed by atoms with Gasteiger partial charge in [-0.15, -0.1) is 0 Å². The maximum Gasteiger partial charge on any atom is 0.435 e. The molecule has 0 aliphatic carbocycles. The smallest absolute Gasteiger partial charge is 0.372 e. The summed E-state index contributed by atoms with van der Waals surface area (Å²) in [6, 6.07) is 5.53. The quantitative estimate of drug-likeness (QED) is 0.352. The lowest BCUT2D eigenvalue weighted by Gasteiger charge is -2.30. The number of aryl methyl sites for hydroxylation is 1. The van der Waals surface area contributed by atoms with Crippen molar-refractivity contribution in [3.05, 3.63) is 63.7 Å². The lowest BCUT2D eigenvalue weighted by atomic mass is 9.92. The number of alkyl halides is 7. The Morgan fingerprint density at radius 2 is 1.59 bits per heavy atom. The minimum atomic E-state index is -6.27. The lowest BCUT2D eigenvalue weighted by molar-refractivity contribution is -0.348. The van der Waals surface area contributed by atoms with Crippen LogP contribution in [0.4, 0.5) is 36.4 Å². The third-order valence-electron chi connectivity index (χ3n) is 5.00. The summed E-state index contributed by atoms with van der Waals surface area (Å²) in [6.07, 6.45) is -11.3. The molecule has 2 aromatic carbocycles. The summed E-state index contributed by atoms with van der Waals surface area (Å²) in [5.41, 5.74) is -3.42. The van der Waals surface area contributed by atoms with Crippen LogP contribution in [0.3, 0.4) is 0 Å². The number of hydrogen-bond donors (Lipinski definition) is 2. The van der Waals surface area contributed by atoms with E-state index in [1.54, 1.807) is 0 Å². The van der Waals surface area contributed by atoms with E-state index in [1.807, 2.05) is 0 Å². The summed E-state index contributed by atoms with van der Waals surface area (Å²) in [7, 11) is -3.45. The van der Waals surface area contributed by atoms with Crippen LogP contribution in [0.25, 0.3) is 0 Å². The van der Waals surface area contributed by atoms with Gasteiger partial charge in [0.25, 0.3) is 5.91 Å². The van der Waals surface area contributed by atoms with E-state index in [0.717, 1.165) is 19.2 Å². The van der Waals surface area contributed by atoms with Crippen LogP contribution in [-0.4, -0.2) is 45.1 Å². The summed E-state index contributed by atoms with van der Waals surface area (Å²) in [5.74, 6) is -1.89. The molecule has 1 atom stereocenters. The fraction of sp³-hybridized carbons (Fsp3) is 0.364. The molecule has 2 amide bonds. The summed E-state index contributed by atoms with van der Waals surface area (Å²) in [5, 5.41) is 2.43. The second kappa shape index (κ2) is 11.7. The molecule has 206 valence electrons. The van der Waals surface area contributed by atoms with Gasteiger partial charge in [-0.25, -0.2) is 12.8 Å². The molecular formula is C22H22ClF7N2O4S. The number of hydrogen-bond acceptors (Lipinski definition) is 4. The van der Waals surface area contributed by atoms with E-state index in [9.17, 15) is 43.9 Å². The molecule has 0 saturated carbocycles. The van der Waals surface area contributed by atoms with Gasteiger partial charge in [-0.2, -0.15) is 26.3 Å². The van der Waals surface area contributed by atoms with Gasteiger partial charge >= 0.3 is 18.0 Å². The number of nitrogens with two attached hydrogens (primary N) is 1. The molecule has 2 aromatic rings. The zero-order valence-corrected chi connectivity index (χ0v) is 21.0. The Balaban J connectivity index is 0.00000217. The molecule has 0 fully saturated rings. The van der Waals surface area contributed by atoms with Gasteiger partial charge in [-0.3, -0.25) is 9.59 Å². The number of primary amides is 1. The van der Waals surface area contributed by atoms with Gasteiger partial charge in [-0.1, -0.05) is 36.7 Å². The van der Waals surface area contributed by atoms with Gasteiger partial charge in [0.1, 0.15) is 9.84 Å². The number of rotatable bonds is 6. The van der Waals surface area contributed by atoms with Crippen LogP contribution in [0.1, 0.15) is 39.9 Å². The molecule has 0 heterocycles. The molecule has 6 nitrogen and oxygen atoms in total. The van der Waals surface area contributed by atoms with Crippen molar-refractivity contribution in [3.8, 4) is 0 Å². The molecule has 0 bridgehead atoms. The van der Waals surface area contributed by atoms with Gasteiger partial charge in [0.05, 0.1) is 5.75 Å². The largest absolute Gasteiger partial charge is 0.435 e. The SMILES string of the molecule is Cc1cc(C(F)(C(F)(F)F)C(F)(F)F)ccc1NC(=O)c1cccc(Cl)c1[C@H](C)CS(C)(=O)=O.NC=O. The molecule has 37 heavy (non-hydrogen) atoms. The highest BCUT2D eigenvalue weighted by Gasteiger charge is 2.73. The van der Waals surface area contributed by atoms with E-state index in [-0.39, 0.29) is 45.6 Å². The molecule has 0 unspecified atom stereocenters. The number of carbonyl (C=O) groups excluding carboxylic acids is 2. The average molecular weight is 579 g/mol. The van der Waals surface area contributed by atoms with E-state index in [4.69, 9.17) is 16.4 Å². The number of amides is 2. The van der Waals surface area contributed by atoms with Crippen LogP contribution in [-0.2, 0) is 20.3 Å². The average Bonchev–Trinajstić information content (AvgIpc) is 2.71. The fourth-order valence-electron chi connectivity index (χ4n) is 3.47. The molecule has 15 heteroatoms. The van der Waals surface area contributed by atoms with Gasteiger partial charge in [0.15, 0.2) is 0 Å². The molecule has 0 radical (unpaired) electrons. The van der Waals surface area contributed by atoms with Crippen LogP contribution in [0.2, 0.25) is 5.02 Å². The Morgan fingerprint density at radius 1 is 1.08 bits per heavy atom. The number of sulfone groups is 1. The second-order valence-corrected chi connectivity index (χ2v) is 10.6. The van der Waals surface area contributed by atoms with Crippen LogP contribution < -0.4 is 11.1 Å². The monoisotopic (exact) mass is 578 g/mol. The number of benzene rings is 2. The van der Waals surface area contributed by atoms with Crippen LogP contribution in [0.5, 0.6) is 0 Å². The number of carbonyl (C=O) groups is 2. The Hall–Kier alpha value is -2.87. The van der Waals surface area contributed by atoms with Crippen molar-refractivity contribution in [2.24, 2.45) is 5.73 Å². The normalized spacial score (nSPS) is 13.3. The standard InChI is InChI=1S/C21H19ClF7NO3S.CH3NO/c1-11-9-13(19(23,20(24,25)26)21(27,28)29)7-8-16(11)30-18(31)14-5-4-6-15(22)17(14)12(2)10-34(3,32)33;2-1-3/h4-9,12H,10H2,1-3H3,(H,30,31);1H,(H2,2,3)/t12-;/m1./s1. The van der Waals surface area contributed by atoms with E-state index in [0.29, 0.717) is 6.07 Å². The maximum absolute atomic E-state index is 14.3. The minimum absolute atomic E-state index is 0.0439. The summed E-state index contributed by atoms with van der Waals surface area (Å²) in [6.45, 7) is 2.62. The first-order chi connectivity index (χ1) is 16.7. The molecular weight excluding hydrogens is 557 g/mol. The second-order valence-electron chi connectivity index (χ2n) is 7.97. The third-order valence-corrected chi connectivity index (χ3v) is 6.43. The van der Waals surface area contributed by atoms with Crippen molar-refractivity contribution < 1.29 is 48.7 Å². The first-order valence-electron chi connectivity index (χ1n) is 10.1. The first kappa shape index (κ1) is 32.2. The lowest BCUT2D eigenvalue weighted by Crippen LogP contribution is -2.50. The maximum atomic E-state index is 14.3. The highest BCUT2D eigenvalue weighted by molar-refractivity contribution is 7.90. The summed E-state index contributed by atoms with van der Waals surface area (Å²) < 4.78 is 116. The summed E-state index contributed by atoms with van der Waals surface area (Å²) >= 11 is 6.16. The Morgan fingerprint density at radius 3 is 2.03 bits per heavy atom. The predicted molar refractivity (Wildman–Crippen MR) is 124 cm³/mol. The minimum Gasteiger partial charge on any atom is -0.372 e. The van der Waals surface area contributed by atoms with Crippen LogP contribution in [0.15, 0.2) is 36.4 Å². The molecule has 3 N–H and O–H groups in total. The number of anilines is 1. The van der Waals surface area contributed by atoms with Crippen molar-refractivity contribution in [3.63, 3.8) is 0 Å². The van der Waals surface area contributed by atoms with Gasteiger partial charge in [0, 0.05) is 28.1 Å². The topological polar surface area (TPSA) is 106 Å². The fourth-order valence-corrected chi connectivity index (χ4v) is 4.90. The number of halogens is 8. The highest BCUT2D eigenvalue weighted by atomic mass is 35.5. The van der Waals surface area contributed by atoms with E-state index in [1.165, 1.54) is 25.1 Å². The van der Waals surface area contributed by atoms with Crippen molar-refractivity contribution >= 4 is 39.4 Å². The predicted octanol–water partition coefficient (Wildman–Crippen LogP) is 5.44.